The lowest BCUT2D eigenvalue weighted by Gasteiger charge is -2.08. The van der Waals surface area contributed by atoms with Gasteiger partial charge >= 0.3 is 10.1 Å². The number of ketones is 1. The van der Waals surface area contributed by atoms with Gasteiger partial charge in [0.15, 0.2) is 17.3 Å². The minimum absolute atomic E-state index is 0.0754. The second-order valence-electron chi connectivity index (χ2n) is 5.50. The number of Topliss-reactive ketones (excluding diaryl/α,β-unsaturated/α-hetero) is 1. The van der Waals surface area contributed by atoms with E-state index in [4.69, 9.17) is 18.4 Å². The Hall–Kier alpha value is -3.00. The van der Waals surface area contributed by atoms with E-state index in [9.17, 15) is 13.2 Å². The highest BCUT2D eigenvalue weighted by atomic mass is 32.2. The summed E-state index contributed by atoms with van der Waals surface area (Å²) in [5.74, 6) is 1.21. The first-order valence-electron chi connectivity index (χ1n) is 7.50. The van der Waals surface area contributed by atoms with Crippen LogP contribution in [0.2, 0.25) is 0 Å². The van der Waals surface area contributed by atoms with Crippen LogP contribution in [-0.2, 0) is 10.1 Å². The standard InChI is InChI=1S/C18H16O7S/c1-22-14-7-4-11(8-16(14)23-2)9-17-18(19)13-6-5-12(10-15(13)24-17)25-26(3,20)21/h4-10H,1-3H3/b17-9+. The highest BCUT2D eigenvalue weighted by Gasteiger charge is 2.28. The van der Waals surface area contributed by atoms with Crippen molar-refractivity contribution in [1.29, 1.82) is 0 Å². The Morgan fingerprint density at radius 1 is 1.00 bits per heavy atom. The summed E-state index contributed by atoms with van der Waals surface area (Å²) in [4.78, 5) is 12.5. The number of fused-ring (bicyclic) bond motifs is 1. The number of hydrogen-bond acceptors (Lipinski definition) is 7. The van der Waals surface area contributed by atoms with Gasteiger partial charge < -0.3 is 18.4 Å². The predicted octanol–water partition coefficient (Wildman–Crippen LogP) is 2.66. The number of hydrogen-bond donors (Lipinski definition) is 0. The van der Waals surface area contributed by atoms with Crippen LogP contribution >= 0.6 is 0 Å². The molecule has 0 N–H and O–H groups in total. The molecule has 2 aromatic carbocycles. The zero-order valence-electron chi connectivity index (χ0n) is 14.3. The van der Waals surface area contributed by atoms with Crippen molar-refractivity contribution in [3.8, 4) is 23.0 Å². The average molecular weight is 376 g/mol. The molecule has 0 saturated heterocycles. The van der Waals surface area contributed by atoms with Crippen LogP contribution in [0.15, 0.2) is 42.2 Å². The third-order valence-electron chi connectivity index (χ3n) is 3.59. The van der Waals surface area contributed by atoms with E-state index < -0.39 is 10.1 Å². The van der Waals surface area contributed by atoms with Crippen molar-refractivity contribution in [2.75, 3.05) is 20.5 Å². The zero-order chi connectivity index (χ0) is 18.9. The average Bonchev–Trinajstić information content (AvgIpc) is 2.88. The molecule has 2 aromatic rings. The van der Waals surface area contributed by atoms with E-state index in [-0.39, 0.29) is 23.0 Å². The van der Waals surface area contributed by atoms with Gasteiger partial charge in [0.25, 0.3) is 0 Å². The quantitative estimate of drug-likeness (QED) is 0.585. The van der Waals surface area contributed by atoms with E-state index in [1.807, 2.05) is 0 Å². The van der Waals surface area contributed by atoms with Gasteiger partial charge in [-0.05, 0) is 35.9 Å². The number of allylic oxidation sites excluding steroid dienone is 1. The van der Waals surface area contributed by atoms with E-state index in [1.54, 1.807) is 24.3 Å². The molecule has 0 fully saturated rings. The summed E-state index contributed by atoms with van der Waals surface area (Å²) < 4.78 is 43.2. The molecule has 0 amide bonds. The van der Waals surface area contributed by atoms with Gasteiger partial charge in [-0.3, -0.25) is 4.79 Å². The van der Waals surface area contributed by atoms with Crippen LogP contribution in [0.3, 0.4) is 0 Å². The van der Waals surface area contributed by atoms with Crippen LogP contribution in [0.4, 0.5) is 0 Å². The molecule has 3 rings (SSSR count). The fraction of sp³-hybridized carbons (Fsp3) is 0.167. The van der Waals surface area contributed by atoms with E-state index >= 15 is 0 Å². The summed E-state index contributed by atoms with van der Waals surface area (Å²) in [6.45, 7) is 0. The smallest absolute Gasteiger partial charge is 0.306 e. The molecule has 1 heterocycles. The van der Waals surface area contributed by atoms with Crippen LogP contribution in [0, 0.1) is 0 Å². The lowest BCUT2D eigenvalue weighted by molar-refractivity contribution is 0.101. The van der Waals surface area contributed by atoms with Crippen LogP contribution in [-0.4, -0.2) is 34.7 Å². The number of benzene rings is 2. The minimum Gasteiger partial charge on any atom is -0.493 e. The molecule has 0 radical (unpaired) electrons. The molecular formula is C18H16O7S. The van der Waals surface area contributed by atoms with Crippen LogP contribution in [0.1, 0.15) is 15.9 Å². The molecule has 0 saturated carbocycles. The number of rotatable bonds is 5. The molecule has 0 spiro atoms. The maximum atomic E-state index is 12.5. The first-order valence-corrected chi connectivity index (χ1v) is 9.32. The lowest BCUT2D eigenvalue weighted by atomic mass is 10.1. The molecule has 1 aliphatic heterocycles. The van der Waals surface area contributed by atoms with Gasteiger partial charge in [-0.15, -0.1) is 0 Å². The maximum absolute atomic E-state index is 12.5. The van der Waals surface area contributed by atoms with Crippen molar-refractivity contribution in [2.24, 2.45) is 0 Å². The molecule has 0 aliphatic carbocycles. The molecule has 0 aromatic heterocycles. The number of ether oxygens (including phenoxy) is 3. The summed E-state index contributed by atoms with van der Waals surface area (Å²) in [5, 5.41) is 0. The Kier molecular flexibility index (Phi) is 4.60. The van der Waals surface area contributed by atoms with Gasteiger partial charge in [0.1, 0.15) is 11.5 Å². The lowest BCUT2D eigenvalue weighted by Crippen LogP contribution is -2.05. The second-order valence-corrected chi connectivity index (χ2v) is 7.07. The Morgan fingerprint density at radius 3 is 2.38 bits per heavy atom. The molecule has 136 valence electrons. The van der Waals surface area contributed by atoms with E-state index in [1.165, 1.54) is 32.4 Å². The van der Waals surface area contributed by atoms with Crippen molar-refractivity contribution in [2.45, 2.75) is 0 Å². The summed E-state index contributed by atoms with van der Waals surface area (Å²) in [6, 6.07) is 9.42. The predicted molar refractivity (Wildman–Crippen MR) is 94.4 cm³/mol. The Labute approximate surface area is 150 Å². The fourth-order valence-corrected chi connectivity index (χ4v) is 2.94. The normalized spacial score (nSPS) is 14.7. The molecule has 0 atom stereocenters. The molecule has 7 nitrogen and oxygen atoms in total. The van der Waals surface area contributed by atoms with Crippen LogP contribution < -0.4 is 18.4 Å². The van der Waals surface area contributed by atoms with Crippen molar-refractivity contribution in [1.82, 2.24) is 0 Å². The minimum atomic E-state index is -3.67. The monoisotopic (exact) mass is 376 g/mol. The Balaban J connectivity index is 1.91. The van der Waals surface area contributed by atoms with Crippen molar-refractivity contribution in [3.05, 3.63) is 53.3 Å². The fourth-order valence-electron chi connectivity index (χ4n) is 2.49. The number of carbonyl (C=O) groups excluding carboxylic acids is 1. The van der Waals surface area contributed by atoms with E-state index in [2.05, 4.69) is 0 Å². The van der Waals surface area contributed by atoms with Gasteiger partial charge in [-0.25, -0.2) is 0 Å². The molecular weight excluding hydrogens is 360 g/mol. The van der Waals surface area contributed by atoms with Crippen molar-refractivity contribution < 1.29 is 31.6 Å². The van der Waals surface area contributed by atoms with Crippen LogP contribution in [0.25, 0.3) is 6.08 Å². The Bertz CT molecular complexity index is 1010. The van der Waals surface area contributed by atoms with E-state index in [0.29, 0.717) is 22.6 Å². The number of methoxy groups -OCH3 is 2. The van der Waals surface area contributed by atoms with Gasteiger partial charge in [0, 0.05) is 6.07 Å². The number of carbonyl (C=O) groups is 1. The zero-order valence-corrected chi connectivity index (χ0v) is 15.1. The molecule has 8 heteroatoms. The molecule has 26 heavy (non-hydrogen) atoms. The van der Waals surface area contributed by atoms with Gasteiger partial charge in [-0.1, -0.05) is 6.07 Å². The summed E-state index contributed by atoms with van der Waals surface area (Å²) in [7, 11) is -0.612. The molecule has 1 aliphatic rings. The first kappa shape index (κ1) is 17.8. The summed E-state index contributed by atoms with van der Waals surface area (Å²) >= 11 is 0. The molecule has 0 bridgehead atoms. The highest BCUT2D eigenvalue weighted by Crippen LogP contribution is 2.36. The topological polar surface area (TPSA) is 88.1 Å². The summed E-state index contributed by atoms with van der Waals surface area (Å²) in [6.07, 6.45) is 2.51. The third kappa shape index (κ3) is 3.65. The van der Waals surface area contributed by atoms with Gasteiger partial charge in [-0.2, -0.15) is 8.42 Å². The SMILES string of the molecule is COc1ccc(/C=C2/Oc3cc(OS(C)(=O)=O)ccc3C2=O)cc1OC. The van der Waals surface area contributed by atoms with Crippen LogP contribution in [0.5, 0.6) is 23.0 Å². The van der Waals surface area contributed by atoms with Gasteiger partial charge in [0.2, 0.25) is 5.78 Å². The van der Waals surface area contributed by atoms with E-state index in [0.717, 1.165) is 6.26 Å². The van der Waals surface area contributed by atoms with Crippen molar-refractivity contribution in [3.63, 3.8) is 0 Å². The maximum Gasteiger partial charge on any atom is 0.306 e. The molecule has 0 unspecified atom stereocenters. The second kappa shape index (κ2) is 6.72. The summed E-state index contributed by atoms with van der Waals surface area (Å²) in [5.41, 5.74) is 1.02. The largest absolute Gasteiger partial charge is 0.493 e. The first-order chi connectivity index (χ1) is 12.3. The Morgan fingerprint density at radius 2 is 1.73 bits per heavy atom. The third-order valence-corrected chi connectivity index (χ3v) is 4.09. The van der Waals surface area contributed by atoms with Gasteiger partial charge in [0.05, 0.1) is 26.0 Å². The highest BCUT2D eigenvalue weighted by molar-refractivity contribution is 7.86. The van der Waals surface area contributed by atoms with Crippen molar-refractivity contribution >= 4 is 22.0 Å².